The van der Waals surface area contributed by atoms with Crippen LogP contribution in [-0.2, 0) is 31.4 Å². The molecule has 2 fully saturated rings. The highest BCUT2D eigenvalue weighted by Gasteiger charge is 2.55. The highest BCUT2D eigenvalue weighted by molar-refractivity contribution is 6.00. The SMILES string of the molecule is COC(=O)C1C[C@H]2[C@H](c3ccc(F)cc3)[C@@H](O[C@H](C)c3cc(C(F)(F)F)cc(C(F)(F)F)c3)CN2C1=O. The number of fused-ring (bicyclic) bond motifs is 1. The Morgan fingerprint density at radius 2 is 1.57 bits per heavy atom. The van der Waals surface area contributed by atoms with Crippen molar-refractivity contribution in [1.82, 2.24) is 4.90 Å². The summed E-state index contributed by atoms with van der Waals surface area (Å²) < 4.78 is 104. The molecule has 2 saturated heterocycles. The van der Waals surface area contributed by atoms with Gasteiger partial charge in [0, 0.05) is 18.5 Å². The Balaban J connectivity index is 1.67. The van der Waals surface area contributed by atoms with Gasteiger partial charge in [0.1, 0.15) is 11.7 Å². The van der Waals surface area contributed by atoms with Gasteiger partial charge >= 0.3 is 18.3 Å². The first-order chi connectivity index (χ1) is 17.2. The highest BCUT2D eigenvalue weighted by atomic mass is 19.4. The second-order valence-corrected chi connectivity index (χ2v) is 9.10. The number of carbonyl (C=O) groups excluding carboxylic acids is 2. The smallest absolute Gasteiger partial charge is 0.416 e. The summed E-state index contributed by atoms with van der Waals surface area (Å²) in [6.07, 6.45) is -12.0. The Labute approximate surface area is 207 Å². The minimum Gasteiger partial charge on any atom is -0.468 e. The van der Waals surface area contributed by atoms with E-state index < -0.39 is 71.3 Å². The first-order valence-electron chi connectivity index (χ1n) is 11.3. The minimum absolute atomic E-state index is 0.0365. The number of amides is 1. The number of nitrogens with zero attached hydrogens (tertiary/aromatic N) is 1. The number of esters is 1. The van der Waals surface area contributed by atoms with Crippen molar-refractivity contribution in [2.24, 2.45) is 5.92 Å². The lowest BCUT2D eigenvalue weighted by Crippen LogP contribution is -2.33. The maximum Gasteiger partial charge on any atom is 0.416 e. The molecule has 2 aliphatic rings. The highest BCUT2D eigenvalue weighted by Crippen LogP contribution is 2.46. The molecule has 2 aromatic carbocycles. The molecule has 37 heavy (non-hydrogen) atoms. The van der Waals surface area contributed by atoms with E-state index in [1.54, 1.807) is 0 Å². The number of alkyl halides is 6. The van der Waals surface area contributed by atoms with Crippen LogP contribution in [-0.4, -0.2) is 42.6 Å². The van der Waals surface area contributed by atoms with Crippen LogP contribution >= 0.6 is 0 Å². The Kier molecular flexibility index (Phi) is 7.00. The molecule has 2 aliphatic heterocycles. The molecule has 2 heterocycles. The molecular weight excluding hydrogens is 511 g/mol. The summed E-state index contributed by atoms with van der Waals surface area (Å²) in [6.45, 7) is 1.26. The molecule has 0 aliphatic carbocycles. The van der Waals surface area contributed by atoms with E-state index >= 15 is 0 Å². The lowest BCUT2D eigenvalue weighted by Gasteiger charge is -2.27. The van der Waals surface area contributed by atoms with Crippen LogP contribution in [0.25, 0.3) is 0 Å². The number of hydrogen-bond acceptors (Lipinski definition) is 4. The predicted octanol–water partition coefficient (Wildman–Crippen LogP) is 5.50. The van der Waals surface area contributed by atoms with Crippen LogP contribution in [0.2, 0.25) is 0 Å². The zero-order chi connectivity index (χ0) is 27.3. The Morgan fingerprint density at radius 1 is 1.00 bits per heavy atom. The van der Waals surface area contributed by atoms with E-state index in [0.29, 0.717) is 17.7 Å². The molecule has 4 rings (SSSR count). The zero-order valence-electron chi connectivity index (χ0n) is 19.6. The molecule has 1 amide bonds. The van der Waals surface area contributed by atoms with Crippen LogP contribution in [0, 0.1) is 11.7 Å². The summed E-state index contributed by atoms with van der Waals surface area (Å²) in [7, 11) is 1.15. The second-order valence-electron chi connectivity index (χ2n) is 9.10. The van der Waals surface area contributed by atoms with Crippen molar-refractivity contribution in [2.45, 2.75) is 49.9 Å². The summed E-state index contributed by atoms with van der Waals surface area (Å²) in [5.74, 6) is -3.42. The summed E-state index contributed by atoms with van der Waals surface area (Å²) in [4.78, 5) is 26.4. The van der Waals surface area contributed by atoms with Crippen molar-refractivity contribution in [1.29, 1.82) is 0 Å². The van der Waals surface area contributed by atoms with Crippen molar-refractivity contribution in [3.05, 3.63) is 70.5 Å². The average molecular weight is 533 g/mol. The van der Waals surface area contributed by atoms with Gasteiger partial charge in [0.05, 0.1) is 30.4 Å². The number of rotatable bonds is 5. The maximum atomic E-state index is 13.6. The zero-order valence-corrected chi connectivity index (χ0v) is 19.6. The first-order valence-corrected chi connectivity index (χ1v) is 11.3. The van der Waals surface area contributed by atoms with Gasteiger partial charge in [-0.1, -0.05) is 12.1 Å². The van der Waals surface area contributed by atoms with Crippen LogP contribution in [0.3, 0.4) is 0 Å². The molecule has 0 saturated carbocycles. The molecule has 0 radical (unpaired) electrons. The molecular formula is C25H22F7NO4. The summed E-state index contributed by atoms with van der Waals surface area (Å²) in [6, 6.07) is 5.98. The third-order valence-corrected chi connectivity index (χ3v) is 6.85. The number of carbonyl (C=O) groups is 2. The lowest BCUT2D eigenvalue weighted by molar-refractivity contribution is -0.151. The van der Waals surface area contributed by atoms with Crippen molar-refractivity contribution in [3.63, 3.8) is 0 Å². The maximum absolute atomic E-state index is 13.6. The lowest BCUT2D eigenvalue weighted by atomic mass is 9.86. The average Bonchev–Trinajstić information content (AvgIpc) is 3.33. The number of methoxy groups -OCH3 is 1. The first kappa shape index (κ1) is 26.9. The van der Waals surface area contributed by atoms with E-state index in [1.165, 1.54) is 36.1 Å². The van der Waals surface area contributed by atoms with Crippen LogP contribution in [0.4, 0.5) is 30.7 Å². The van der Waals surface area contributed by atoms with Gasteiger partial charge in [0.15, 0.2) is 0 Å². The Morgan fingerprint density at radius 3 is 2.08 bits per heavy atom. The normalized spacial score (nSPS) is 24.8. The molecule has 2 aromatic rings. The fourth-order valence-electron chi connectivity index (χ4n) is 5.10. The van der Waals surface area contributed by atoms with Gasteiger partial charge in [0.2, 0.25) is 5.91 Å². The van der Waals surface area contributed by atoms with E-state index in [-0.39, 0.29) is 24.6 Å². The quantitative estimate of drug-likeness (QED) is 0.290. The van der Waals surface area contributed by atoms with Crippen LogP contribution < -0.4 is 0 Å². The second kappa shape index (κ2) is 9.62. The van der Waals surface area contributed by atoms with Crippen molar-refractivity contribution < 1.29 is 49.8 Å². The van der Waals surface area contributed by atoms with Gasteiger partial charge in [-0.3, -0.25) is 9.59 Å². The van der Waals surface area contributed by atoms with E-state index in [2.05, 4.69) is 0 Å². The van der Waals surface area contributed by atoms with Crippen LogP contribution in [0.5, 0.6) is 0 Å². The van der Waals surface area contributed by atoms with Crippen molar-refractivity contribution in [2.75, 3.05) is 13.7 Å². The van der Waals surface area contributed by atoms with Gasteiger partial charge in [-0.25, -0.2) is 4.39 Å². The third-order valence-electron chi connectivity index (χ3n) is 6.85. The van der Waals surface area contributed by atoms with Crippen LogP contribution in [0.15, 0.2) is 42.5 Å². The fourth-order valence-corrected chi connectivity index (χ4v) is 5.10. The molecule has 12 heteroatoms. The number of hydrogen-bond donors (Lipinski definition) is 0. The summed E-state index contributed by atoms with van der Waals surface area (Å²) in [5.41, 5.74) is -2.73. The van der Waals surface area contributed by atoms with Gasteiger partial charge < -0.3 is 14.4 Å². The predicted molar refractivity (Wildman–Crippen MR) is 114 cm³/mol. The van der Waals surface area contributed by atoms with E-state index in [9.17, 15) is 40.3 Å². The molecule has 1 unspecified atom stereocenters. The molecule has 5 atom stereocenters. The van der Waals surface area contributed by atoms with Gasteiger partial charge in [-0.2, -0.15) is 26.3 Å². The molecule has 0 spiro atoms. The van der Waals surface area contributed by atoms with Gasteiger partial charge in [-0.05, 0) is 54.8 Å². The monoisotopic (exact) mass is 533 g/mol. The number of benzene rings is 2. The number of ether oxygens (including phenoxy) is 2. The molecule has 0 N–H and O–H groups in total. The topological polar surface area (TPSA) is 55.8 Å². The standard InChI is InChI=1S/C25H22F7NO4/c1-12(14-7-15(24(27,28)29)9-16(8-14)25(30,31)32)37-20-11-33-19(10-18(22(33)34)23(35)36-2)21(20)13-3-5-17(26)6-4-13/h3-9,12,18-21H,10-11H2,1-2H3/t12-,18?,19+,20+,21+/m1/s1. The molecule has 0 aromatic heterocycles. The Hall–Kier alpha value is -3.15. The van der Waals surface area contributed by atoms with Crippen molar-refractivity contribution >= 4 is 11.9 Å². The summed E-state index contributed by atoms with van der Waals surface area (Å²) in [5, 5.41) is 0. The molecule has 200 valence electrons. The molecule has 5 nitrogen and oxygen atoms in total. The van der Waals surface area contributed by atoms with Crippen molar-refractivity contribution in [3.8, 4) is 0 Å². The minimum atomic E-state index is -5.02. The number of halogens is 7. The Bertz CT molecular complexity index is 1150. The van der Waals surface area contributed by atoms with E-state index in [4.69, 9.17) is 9.47 Å². The van der Waals surface area contributed by atoms with E-state index in [1.807, 2.05) is 0 Å². The largest absolute Gasteiger partial charge is 0.468 e. The fraction of sp³-hybridized carbons (Fsp3) is 0.440. The van der Waals surface area contributed by atoms with Crippen LogP contribution in [0.1, 0.15) is 47.6 Å². The summed E-state index contributed by atoms with van der Waals surface area (Å²) >= 11 is 0. The molecule has 0 bridgehead atoms. The van der Waals surface area contributed by atoms with Gasteiger partial charge in [0.25, 0.3) is 0 Å². The van der Waals surface area contributed by atoms with Gasteiger partial charge in [-0.15, -0.1) is 0 Å². The van der Waals surface area contributed by atoms with E-state index in [0.717, 1.165) is 7.11 Å². The third kappa shape index (κ3) is 5.29.